The molecule has 0 bridgehead atoms. The van der Waals surface area contributed by atoms with Crippen LogP contribution in [0.15, 0.2) is 0 Å². The molecule has 0 spiro atoms. The molecule has 2 saturated heterocycles. The van der Waals surface area contributed by atoms with Crippen molar-refractivity contribution in [1.82, 2.24) is 9.80 Å². The van der Waals surface area contributed by atoms with E-state index >= 15 is 0 Å². The van der Waals surface area contributed by atoms with E-state index < -0.39 is 0 Å². The van der Waals surface area contributed by atoms with Gasteiger partial charge in [0, 0.05) is 38.3 Å². The zero-order valence-electron chi connectivity index (χ0n) is 10.7. The first-order chi connectivity index (χ1) is 7.79. The summed E-state index contributed by atoms with van der Waals surface area (Å²) in [7, 11) is 0. The Morgan fingerprint density at radius 2 is 2.12 bits per heavy atom. The third-order valence-corrected chi connectivity index (χ3v) is 4.07. The van der Waals surface area contributed by atoms with Gasteiger partial charge >= 0.3 is 0 Å². The van der Waals surface area contributed by atoms with Gasteiger partial charge in [-0.1, -0.05) is 19.8 Å². The van der Waals surface area contributed by atoms with Crippen molar-refractivity contribution in [3.05, 3.63) is 0 Å². The molecule has 16 heavy (non-hydrogen) atoms. The van der Waals surface area contributed by atoms with Crippen molar-refractivity contribution in [2.45, 2.75) is 51.1 Å². The van der Waals surface area contributed by atoms with E-state index in [9.17, 15) is 0 Å². The standard InChI is InChI=1S/C13H27N3/c1-2-5-12(14)10-15-8-9-16-7-4-3-6-13(16)11-15/h12-13H,2-11,14H2,1H3. The van der Waals surface area contributed by atoms with Crippen molar-refractivity contribution in [2.24, 2.45) is 5.73 Å². The molecule has 3 heteroatoms. The van der Waals surface area contributed by atoms with Crippen LogP contribution >= 0.6 is 0 Å². The lowest BCUT2D eigenvalue weighted by Gasteiger charge is -2.44. The van der Waals surface area contributed by atoms with Crippen molar-refractivity contribution in [2.75, 3.05) is 32.7 Å². The molecule has 3 nitrogen and oxygen atoms in total. The summed E-state index contributed by atoms with van der Waals surface area (Å²) in [6.07, 6.45) is 6.62. The lowest BCUT2D eigenvalue weighted by atomic mass is 9.99. The number of rotatable bonds is 4. The molecule has 2 unspecified atom stereocenters. The van der Waals surface area contributed by atoms with Gasteiger partial charge in [-0.15, -0.1) is 0 Å². The second kappa shape index (κ2) is 5.99. The molecular weight excluding hydrogens is 198 g/mol. The average Bonchev–Trinajstić information content (AvgIpc) is 2.29. The molecule has 0 radical (unpaired) electrons. The van der Waals surface area contributed by atoms with Crippen LogP contribution in [0.25, 0.3) is 0 Å². The van der Waals surface area contributed by atoms with Crippen molar-refractivity contribution in [3.8, 4) is 0 Å². The fourth-order valence-electron chi connectivity index (χ4n) is 3.18. The Morgan fingerprint density at radius 3 is 2.94 bits per heavy atom. The van der Waals surface area contributed by atoms with E-state index in [2.05, 4.69) is 16.7 Å². The molecule has 0 aromatic rings. The van der Waals surface area contributed by atoms with Gasteiger partial charge in [-0.2, -0.15) is 0 Å². The second-order valence-electron chi connectivity index (χ2n) is 5.49. The number of hydrogen-bond donors (Lipinski definition) is 1. The smallest absolute Gasteiger partial charge is 0.0223 e. The van der Waals surface area contributed by atoms with Gasteiger partial charge in [0.05, 0.1) is 0 Å². The summed E-state index contributed by atoms with van der Waals surface area (Å²) >= 11 is 0. The van der Waals surface area contributed by atoms with E-state index in [1.54, 1.807) is 0 Å². The predicted molar refractivity (Wildman–Crippen MR) is 68.5 cm³/mol. The van der Waals surface area contributed by atoms with Gasteiger partial charge in [-0.3, -0.25) is 9.80 Å². The van der Waals surface area contributed by atoms with Gasteiger partial charge < -0.3 is 5.73 Å². The van der Waals surface area contributed by atoms with E-state index in [4.69, 9.17) is 5.73 Å². The Hall–Kier alpha value is -0.120. The molecule has 0 aromatic carbocycles. The monoisotopic (exact) mass is 225 g/mol. The van der Waals surface area contributed by atoms with Gasteiger partial charge in [-0.25, -0.2) is 0 Å². The maximum atomic E-state index is 6.13. The van der Waals surface area contributed by atoms with Gasteiger partial charge in [-0.05, 0) is 25.8 Å². The first-order valence-electron chi connectivity index (χ1n) is 7.01. The highest BCUT2D eigenvalue weighted by Crippen LogP contribution is 2.21. The average molecular weight is 225 g/mol. The van der Waals surface area contributed by atoms with Gasteiger partial charge in [0.25, 0.3) is 0 Å². The van der Waals surface area contributed by atoms with Crippen LogP contribution in [-0.2, 0) is 0 Å². The topological polar surface area (TPSA) is 32.5 Å². The third kappa shape index (κ3) is 3.19. The number of fused-ring (bicyclic) bond motifs is 1. The summed E-state index contributed by atoms with van der Waals surface area (Å²) in [4.78, 5) is 5.28. The minimum Gasteiger partial charge on any atom is -0.327 e. The maximum Gasteiger partial charge on any atom is 0.0223 e. The first kappa shape index (κ1) is 12.3. The SMILES string of the molecule is CCCC(N)CN1CCN2CCCCC2C1. The van der Waals surface area contributed by atoms with Crippen molar-refractivity contribution < 1.29 is 0 Å². The maximum absolute atomic E-state index is 6.13. The molecule has 0 aromatic heterocycles. The molecule has 2 aliphatic rings. The molecule has 94 valence electrons. The minimum atomic E-state index is 0.389. The van der Waals surface area contributed by atoms with Crippen molar-refractivity contribution in [1.29, 1.82) is 0 Å². The van der Waals surface area contributed by atoms with Gasteiger partial charge in [0.2, 0.25) is 0 Å². The van der Waals surface area contributed by atoms with Gasteiger partial charge in [0.1, 0.15) is 0 Å². The molecule has 2 fully saturated rings. The number of nitrogens with zero attached hydrogens (tertiary/aromatic N) is 2. The molecule has 0 saturated carbocycles. The van der Waals surface area contributed by atoms with Crippen LogP contribution in [0.5, 0.6) is 0 Å². The van der Waals surface area contributed by atoms with Crippen molar-refractivity contribution in [3.63, 3.8) is 0 Å². The Morgan fingerprint density at radius 1 is 1.25 bits per heavy atom. The fraction of sp³-hybridized carbons (Fsp3) is 1.00. The minimum absolute atomic E-state index is 0.389. The van der Waals surface area contributed by atoms with Crippen LogP contribution < -0.4 is 5.73 Å². The van der Waals surface area contributed by atoms with Crippen LogP contribution in [-0.4, -0.2) is 54.6 Å². The highest BCUT2D eigenvalue weighted by atomic mass is 15.3. The summed E-state index contributed by atoms with van der Waals surface area (Å²) in [6, 6.07) is 1.22. The summed E-state index contributed by atoms with van der Waals surface area (Å²) < 4.78 is 0. The van der Waals surface area contributed by atoms with E-state index in [0.717, 1.165) is 12.6 Å². The zero-order chi connectivity index (χ0) is 11.4. The molecule has 2 atom stereocenters. The van der Waals surface area contributed by atoms with E-state index in [-0.39, 0.29) is 0 Å². The first-order valence-corrected chi connectivity index (χ1v) is 7.01. The number of nitrogens with two attached hydrogens (primary N) is 1. The Kier molecular flexibility index (Phi) is 4.62. The summed E-state index contributed by atoms with van der Waals surface area (Å²) in [5, 5.41) is 0. The zero-order valence-corrected chi connectivity index (χ0v) is 10.7. The molecule has 2 aliphatic heterocycles. The molecule has 2 rings (SSSR count). The number of piperazine rings is 1. The molecule has 0 aliphatic carbocycles. The van der Waals surface area contributed by atoms with E-state index in [1.807, 2.05) is 0 Å². The summed E-state index contributed by atoms with van der Waals surface area (Å²) in [5.41, 5.74) is 6.13. The van der Waals surface area contributed by atoms with E-state index in [1.165, 1.54) is 58.3 Å². The number of piperidine rings is 1. The summed E-state index contributed by atoms with van der Waals surface area (Å²) in [5.74, 6) is 0. The largest absolute Gasteiger partial charge is 0.327 e. The predicted octanol–water partition coefficient (Wildman–Crippen LogP) is 1.28. The lowest BCUT2D eigenvalue weighted by molar-refractivity contribution is 0.0463. The highest BCUT2D eigenvalue weighted by Gasteiger charge is 2.28. The lowest BCUT2D eigenvalue weighted by Crippen LogP contribution is -2.56. The Balaban J connectivity index is 1.76. The molecule has 0 amide bonds. The summed E-state index contributed by atoms with van der Waals surface area (Å²) in [6.45, 7) is 8.42. The highest BCUT2D eigenvalue weighted by molar-refractivity contribution is 4.86. The second-order valence-corrected chi connectivity index (χ2v) is 5.49. The molecular formula is C13H27N3. The quantitative estimate of drug-likeness (QED) is 0.782. The van der Waals surface area contributed by atoms with Crippen LogP contribution in [0.2, 0.25) is 0 Å². The normalized spacial score (nSPS) is 30.0. The van der Waals surface area contributed by atoms with Crippen LogP contribution in [0.3, 0.4) is 0 Å². The van der Waals surface area contributed by atoms with Crippen LogP contribution in [0.1, 0.15) is 39.0 Å². The van der Waals surface area contributed by atoms with Crippen LogP contribution in [0.4, 0.5) is 0 Å². The Bertz CT molecular complexity index is 207. The Labute approximate surface area is 100.0 Å². The van der Waals surface area contributed by atoms with Gasteiger partial charge in [0.15, 0.2) is 0 Å². The fourth-order valence-corrected chi connectivity index (χ4v) is 3.18. The van der Waals surface area contributed by atoms with Crippen LogP contribution in [0, 0.1) is 0 Å². The van der Waals surface area contributed by atoms with E-state index in [0.29, 0.717) is 6.04 Å². The van der Waals surface area contributed by atoms with Crippen molar-refractivity contribution >= 4 is 0 Å². The molecule has 2 N–H and O–H groups in total. The number of hydrogen-bond acceptors (Lipinski definition) is 3. The third-order valence-electron chi connectivity index (χ3n) is 4.07. The molecule has 2 heterocycles.